The van der Waals surface area contributed by atoms with Crippen LogP contribution in [0.4, 0.5) is 0 Å². The molecule has 2 rings (SSSR count). The predicted molar refractivity (Wildman–Crippen MR) is 75.5 cm³/mol. The number of nitrogens with one attached hydrogen (secondary N) is 1. The molecule has 0 aromatic heterocycles. The highest BCUT2D eigenvalue weighted by molar-refractivity contribution is 9.10. The molecule has 0 bridgehead atoms. The third-order valence-electron chi connectivity index (χ3n) is 2.66. The second-order valence-electron chi connectivity index (χ2n) is 3.91. The van der Waals surface area contributed by atoms with Gasteiger partial charge in [-0.15, -0.1) is 0 Å². The van der Waals surface area contributed by atoms with Crippen LogP contribution in [0.1, 0.15) is 5.56 Å². The van der Waals surface area contributed by atoms with Crippen LogP contribution < -0.4 is 10.1 Å². The second-order valence-corrected chi connectivity index (χ2v) is 4.70. The van der Waals surface area contributed by atoms with Crippen molar-refractivity contribution in [2.24, 2.45) is 0 Å². The van der Waals surface area contributed by atoms with Crippen molar-refractivity contribution < 1.29 is 4.74 Å². The summed E-state index contributed by atoms with van der Waals surface area (Å²) in [6, 6.07) is 12.1. The molecule has 0 saturated heterocycles. The standard InChI is InChI=1S/C14H13BrN2O/c1-17-9-10-2-4-12-11(8-10)3-5-13(14(12)15)18-7-6-16/h2-5,8,17H,7,9H2,1H3. The summed E-state index contributed by atoms with van der Waals surface area (Å²) in [5.41, 5.74) is 1.24. The van der Waals surface area contributed by atoms with Gasteiger partial charge in [-0.1, -0.05) is 18.2 Å². The van der Waals surface area contributed by atoms with Gasteiger partial charge in [0.05, 0.1) is 4.47 Å². The zero-order chi connectivity index (χ0) is 13.0. The van der Waals surface area contributed by atoms with Crippen LogP contribution >= 0.6 is 15.9 Å². The molecule has 0 fully saturated rings. The summed E-state index contributed by atoms with van der Waals surface area (Å²) in [5, 5.41) is 13.9. The molecule has 2 aromatic carbocycles. The molecule has 0 heterocycles. The lowest BCUT2D eigenvalue weighted by Crippen LogP contribution is -2.04. The predicted octanol–water partition coefficient (Wildman–Crippen LogP) is 3.22. The Labute approximate surface area is 114 Å². The van der Waals surface area contributed by atoms with Gasteiger partial charge in [-0.3, -0.25) is 0 Å². The number of hydrogen-bond acceptors (Lipinski definition) is 3. The second kappa shape index (κ2) is 5.85. The quantitative estimate of drug-likeness (QED) is 0.943. The first-order valence-corrected chi connectivity index (χ1v) is 6.41. The van der Waals surface area contributed by atoms with E-state index >= 15 is 0 Å². The molecule has 18 heavy (non-hydrogen) atoms. The van der Waals surface area contributed by atoms with Crippen LogP contribution in [0.3, 0.4) is 0 Å². The molecular weight excluding hydrogens is 292 g/mol. The Morgan fingerprint density at radius 2 is 2.17 bits per heavy atom. The van der Waals surface area contributed by atoms with Crippen LogP contribution in [0.25, 0.3) is 10.8 Å². The Balaban J connectivity index is 2.42. The number of benzene rings is 2. The van der Waals surface area contributed by atoms with Crippen molar-refractivity contribution in [2.45, 2.75) is 6.54 Å². The fourth-order valence-electron chi connectivity index (χ4n) is 1.86. The fraction of sp³-hybridized carbons (Fsp3) is 0.214. The first-order valence-electron chi connectivity index (χ1n) is 5.61. The van der Waals surface area contributed by atoms with Crippen LogP contribution in [0.2, 0.25) is 0 Å². The van der Waals surface area contributed by atoms with E-state index in [1.807, 2.05) is 25.2 Å². The molecule has 0 unspecified atom stereocenters. The molecule has 0 radical (unpaired) electrons. The van der Waals surface area contributed by atoms with Crippen molar-refractivity contribution in [3.63, 3.8) is 0 Å². The van der Waals surface area contributed by atoms with E-state index in [-0.39, 0.29) is 6.61 Å². The third kappa shape index (κ3) is 2.63. The number of fused-ring (bicyclic) bond motifs is 1. The number of halogens is 1. The summed E-state index contributed by atoms with van der Waals surface area (Å²) in [4.78, 5) is 0. The highest BCUT2D eigenvalue weighted by Gasteiger charge is 2.06. The molecule has 0 amide bonds. The Kier molecular flexibility index (Phi) is 4.19. The minimum absolute atomic E-state index is 0.0575. The van der Waals surface area contributed by atoms with Crippen molar-refractivity contribution in [3.8, 4) is 11.8 Å². The zero-order valence-electron chi connectivity index (χ0n) is 10.0. The van der Waals surface area contributed by atoms with Crippen molar-refractivity contribution in [1.82, 2.24) is 5.32 Å². The summed E-state index contributed by atoms with van der Waals surface area (Å²) in [6.45, 7) is 0.905. The van der Waals surface area contributed by atoms with Gasteiger partial charge in [0.25, 0.3) is 0 Å². The van der Waals surface area contributed by atoms with Crippen molar-refractivity contribution in [1.29, 1.82) is 5.26 Å². The molecule has 0 spiro atoms. The molecular formula is C14H13BrN2O. The molecule has 0 aliphatic carbocycles. The topological polar surface area (TPSA) is 45.0 Å². The average molecular weight is 305 g/mol. The van der Waals surface area contributed by atoms with Gasteiger partial charge >= 0.3 is 0 Å². The van der Waals surface area contributed by atoms with Crippen molar-refractivity contribution in [3.05, 3.63) is 40.4 Å². The number of ether oxygens (including phenoxy) is 1. The SMILES string of the molecule is CNCc1ccc2c(Br)c(OCC#N)ccc2c1. The first-order chi connectivity index (χ1) is 8.76. The Morgan fingerprint density at radius 3 is 2.89 bits per heavy atom. The molecule has 0 aliphatic rings. The van der Waals surface area contributed by atoms with E-state index < -0.39 is 0 Å². The molecule has 92 valence electrons. The minimum atomic E-state index is 0.0575. The smallest absolute Gasteiger partial charge is 0.174 e. The van der Waals surface area contributed by atoms with Crippen molar-refractivity contribution in [2.75, 3.05) is 13.7 Å². The van der Waals surface area contributed by atoms with Crippen LogP contribution in [0.15, 0.2) is 34.8 Å². The van der Waals surface area contributed by atoms with Gasteiger partial charge in [-0.25, -0.2) is 0 Å². The van der Waals surface area contributed by atoms with E-state index in [9.17, 15) is 0 Å². The summed E-state index contributed by atoms with van der Waals surface area (Å²) < 4.78 is 6.25. The third-order valence-corrected chi connectivity index (χ3v) is 3.47. The van der Waals surface area contributed by atoms with E-state index in [0.29, 0.717) is 5.75 Å². The van der Waals surface area contributed by atoms with Gasteiger partial charge < -0.3 is 10.1 Å². The van der Waals surface area contributed by atoms with Crippen molar-refractivity contribution >= 4 is 26.7 Å². The Hall–Kier alpha value is -1.57. The Morgan fingerprint density at radius 1 is 1.33 bits per heavy atom. The number of nitrogens with zero attached hydrogens (tertiary/aromatic N) is 1. The van der Waals surface area contributed by atoms with Gasteiger partial charge in [-0.2, -0.15) is 5.26 Å². The van der Waals surface area contributed by atoms with Gasteiger partial charge in [0.2, 0.25) is 0 Å². The Bertz CT molecular complexity index is 605. The van der Waals surface area contributed by atoms with Gasteiger partial charge in [-0.05, 0) is 51.4 Å². The van der Waals surface area contributed by atoms with Crippen LogP contribution in [-0.2, 0) is 6.54 Å². The lowest BCUT2D eigenvalue weighted by atomic mass is 10.1. The minimum Gasteiger partial charge on any atom is -0.478 e. The molecule has 0 atom stereocenters. The maximum absolute atomic E-state index is 8.53. The summed E-state index contributed by atoms with van der Waals surface area (Å²) in [6.07, 6.45) is 0. The normalized spacial score (nSPS) is 10.3. The summed E-state index contributed by atoms with van der Waals surface area (Å²) in [5.74, 6) is 0.699. The maximum Gasteiger partial charge on any atom is 0.174 e. The maximum atomic E-state index is 8.53. The number of hydrogen-bond donors (Lipinski definition) is 1. The molecule has 0 aliphatic heterocycles. The highest BCUT2D eigenvalue weighted by Crippen LogP contribution is 2.33. The molecule has 0 saturated carbocycles. The highest BCUT2D eigenvalue weighted by atomic mass is 79.9. The van der Waals surface area contributed by atoms with Crippen LogP contribution in [0.5, 0.6) is 5.75 Å². The number of nitriles is 1. The first kappa shape index (κ1) is 12.9. The number of rotatable bonds is 4. The van der Waals surface area contributed by atoms with E-state index in [1.54, 1.807) is 0 Å². The van der Waals surface area contributed by atoms with E-state index in [4.69, 9.17) is 10.00 Å². The zero-order valence-corrected chi connectivity index (χ0v) is 11.6. The monoisotopic (exact) mass is 304 g/mol. The summed E-state index contributed by atoms with van der Waals surface area (Å²) >= 11 is 3.53. The fourth-order valence-corrected chi connectivity index (χ4v) is 2.46. The van der Waals surface area contributed by atoms with E-state index in [1.165, 1.54) is 5.56 Å². The van der Waals surface area contributed by atoms with E-state index in [2.05, 4.69) is 39.4 Å². The largest absolute Gasteiger partial charge is 0.478 e. The molecule has 1 N–H and O–H groups in total. The lowest BCUT2D eigenvalue weighted by molar-refractivity contribution is 0.366. The van der Waals surface area contributed by atoms with Gasteiger partial charge in [0.1, 0.15) is 11.8 Å². The van der Waals surface area contributed by atoms with Crippen LogP contribution in [-0.4, -0.2) is 13.7 Å². The molecule has 2 aromatic rings. The average Bonchev–Trinajstić information content (AvgIpc) is 2.38. The van der Waals surface area contributed by atoms with Gasteiger partial charge in [0, 0.05) is 6.54 Å². The molecule has 3 nitrogen and oxygen atoms in total. The summed E-state index contributed by atoms with van der Waals surface area (Å²) in [7, 11) is 1.93. The lowest BCUT2D eigenvalue weighted by Gasteiger charge is -2.09. The van der Waals surface area contributed by atoms with Gasteiger partial charge in [0.15, 0.2) is 6.61 Å². The van der Waals surface area contributed by atoms with E-state index in [0.717, 1.165) is 21.8 Å². The molecule has 4 heteroatoms. The van der Waals surface area contributed by atoms with Crippen LogP contribution in [0, 0.1) is 11.3 Å².